The van der Waals surface area contributed by atoms with E-state index in [2.05, 4.69) is 17.7 Å². The van der Waals surface area contributed by atoms with E-state index in [1.807, 2.05) is 19.9 Å². The average Bonchev–Trinajstić information content (AvgIpc) is 2.55. The average molecular weight is 218 g/mol. The van der Waals surface area contributed by atoms with E-state index in [4.69, 9.17) is 5.73 Å². The van der Waals surface area contributed by atoms with Crippen molar-refractivity contribution >= 4 is 10.9 Å². The van der Waals surface area contributed by atoms with Gasteiger partial charge in [-0.25, -0.2) is 0 Å². The molecule has 0 amide bonds. The normalized spacial score (nSPS) is 12.2. The number of hydrogen-bond acceptors (Lipinski definition) is 2. The van der Waals surface area contributed by atoms with Gasteiger partial charge >= 0.3 is 0 Å². The lowest BCUT2D eigenvalue weighted by Crippen LogP contribution is -2.28. The molecule has 0 atom stereocenters. The third kappa shape index (κ3) is 1.67. The van der Waals surface area contributed by atoms with Gasteiger partial charge in [0.25, 0.3) is 0 Å². The van der Waals surface area contributed by atoms with E-state index in [9.17, 15) is 5.11 Å². The fourth-order valence-electron chi connectivity index (χ4n) is 2.06. The van der Waals surface area contributed by atoms with Gasteiger partial charge in [0, 0.05) is 29.7 Å². The zero-order valence-corrected chi connectivity index (χ0v) is 9.99. The molecule has 0 saturated heterocycles. The predicted octanol–water partition coefficient (Wildman–Crippen LogP) is 2.56. The Bertz CT molecular complexity index is 520. The molecule has 2 rings (SSSR count). The van der Waals surface area contributed by atoms with Crippen molar-refractivity contribution in [3.8, 4) is 5.75 Å². The van der Waals surface area contributed by atoms with Crippen molar-refractivity contribution in [3.63, 3.8) is 0 Å². The van der Waals surface area contributed by atoms with Crippen LogP contribution in [-0.2, 0) is 12.1 Å². The van der Waals surface area contributed by atoms with Gasteiger partial charge in [-0.15, -0.1) is 0 Å². The number of aromatic nitrogens is 1. The van der Waals surface area contributed by atoms with Gasteiger partial charge in [-0.3, -0.25) is 0 Å². The Morgan fingerprint density at radius 1 is 1.38 bits per heavy atom. The minimum atomic E-state index is -0.365. The standard InChI is InChI=1S/C13H18N2O/c1-4-15-8-11(13(2,3)14)10-6-5-9(16)7-12(10)15/h5-8,16H,4,14H2,1-3H3. The van der Waals surface area contributed by atoms with Crippen molar-refractivity contribution in [3.05, 3.63) is 30.0 Å². The van der Waals surface area contributed by atoms with Crippen LogP contribution in [0.5, 0.6) is 5.75 Å². The zero-order chi connectivity index (χ0) is 11.9. The molecule has 0 radical (unpaired) electrons. The van der Waals surface area contributed by atoms with Crippen LogP contribution in [0.3, 0.4) is 0 Å². The molecule has 0 saturated carbocycles. The summed E-state index contributed by atoms with van der Waals surface area (Å²) in [6.07, 6.45) is 2.07. The molecule has 86 valence electrons. The number of hydrogen-bond donors (Lipinski definition) is 2. The first-order valence-electron chi connectivity index (χ1n) is 5.54. The van der Waals surface area contributed by atoms with Crippen LogP contribution in [0, 0.1) is 0 Å². The minimum absolute atomic E-state index is 0.293. The Hall–Kier alpha value is -1.48. The van der Waals surface area contributed by atoms with Gasteiger partial charge < -0.3 is 15.4 Å². The Morgan fingerprint density at radius 2 is 2.06 bits per heavy atom. The molecule has 0 aliphatic carbocycles. The lowest BCUT2D eigenvalue weighted by atomic mass is 9.95. The Labute approximate surface area is 95.5 Å². The third-order valence-corrected chi connectivity index (χ3v) is 2.90. The molecule has 1 heterocycles. The molecule has 0 bridgehead atoms. The number of phenolic OH excluding ortho intramolecular Hbond substituents is 1. The predicted molar refractivity (Wildman–Crippen MR) is 66.5 cm³/mol. The number of aryl methyl sites for hydroxylation is 1. The van der Waals surface area contributed by atoms with Gasteiger partial charge in [-0.2, -0.15) is 0 Å². The summed E-state index contributed by atoms with van der Waals surface area (Å²) in [4.78, 5) is 0. The van der Waals surface area contributed by atoms with E-state index < -0.39 is 0 Å². The van der Waals surface area contributed by atoms with Crippen LogP contribution in [0.25, 0.3) is 10.9 Å². The molecule has 3 heteroatoms. The monoisotopic (exact) mass is 218 g/mol. The largest absolute Gasteiger partial charge is 0.508 e. The van der Waals surface area contributed by atoms with Crippen LogP contribution in [0.4, 0.5) is 0 Å². The van der Waals surface area contributed by atoms with Crippen molar-refractivity contribution < 1.29 is 5.11 Å². The van der Waals surface area contributed by atoms with Gasteiger partial charge in [-0.05, 0) is 38.5 Å². The highest BCUT2D eigenvalue weighted by Crippen LogP contribution is 2.30. The summed E-state index contributed by atoms with van der Waals surface area (Å²) in [7, 11) is 0. The van der Waals surface area contributed by atoms with Crippen molar-refractivity contribution in [1.82, 2.24) is 4.57 Å². The molecule has 0 aliphatic heterocycles. The van der Waals surface area contributed by atoms with Crippen LogP contribution in [0.15, 0.2) is 24.4 Å². The fourth-order valence-corrected chi connectivity index (χ4v) is 2.06. The number of rotatable bonds is 2. The van der Waals surface area contributed by atoms with Gasteiger partial charge in [-0.1, -0.05) is 0 Å². The van der Waals surface area contributed by atoms with Gasteiger partial charge in [0.05, 0.1) is 5.52 Å². The number of phenols is 1. The van der Waals surface area contributed by atoms with Crippen molar-refractivity contribution in [2.24, 2.45) is 5.73 Å². The molecular formula is C13H18N2O. The molecule has 0 fully saturated rings. The van der Waals surface area contributed by atoms with Gasteiger partial charge in [0.2, 0.25) is 0 Å². The first-order valence-corrected chi connectivity index (χ1v) is 5.54. The maximum atomic E-state index is 9.52. The number of nitrogens with zero attached hydrogens (tertiary/aromatic N) is 1. The van der Waals surface area contributed by atoms with Crippen LogP contribution in [0.1, 0.15) is 26.3 Å². The van der Waals surface area contributed by atoms with E-state index in [1.54, 1.807) is 12.1 Å². The van der Waals surface area contributed by atoms with Gasteiger partial charge in [0.15, 0.2) is 0 Å². The Balaban J connectivity index is 2.78. The lowest BCUT2D eigenvalue weighted by molar-refractivity contribution is 0.476. The van der Waals surface area contributed by atoms with Crippen LogP contribution < -0.4 is 5.73 Å². The molecule has 1 aromatic carbocycles. The van der Waals surface area contributed by atoms with E-state index >= 15 is 0 Å². The molecule has 0 unspecified atom stereocenters. The molecule has 2 aromatic rings. The summed E-state index contributed by atoms with van der Waals surface area (Å²) in [5.74, 6) is 0.293. The molecule has 0 spiro atoms. The highest BCUT2D eigenvalue weighted by Gasteiger charge is 2.20. The summed E-state index contributed by atoms with van der Waals surface area (Å²) in [6, 6.07) is 5.42. The SMILES string of the molecule is CCn1cc(C(C)(C)N)c2ccc(O)cc21. The molecule has 3 N–H and O–H groups in total. The van der Waals surface area contributed by atoms with Crippen LogP contribution in [0.2, 0.25) is 0 Å². The highest BCUT2D eigenvalue weighted by molar-refractivity contribution is 5.86. The summed E-state index contributed by atoms with van der Waals surface area (Å²) in [5, 5.41) is 10.6. The number of benzene rings is 1. The van der Waals surface area contributed by atoms with E-state index in [-0.39, 0.29) is 5.54 Å². The second kappa shape index (κ2) is 3.52. The third-order valence-electron chi connectivity index (χ3n) is 2.90. The van der Waals surface area contributed by atoms with E-state index in [0.29, 0.717) is 5.75 Å². The smallest absolute Gasteiger partial charge is 0.117 e. The highest BCUT2D eigenvalue weighted by atomic mass is 16.3. The zero-order valence-electron chi connectivity index (χ0n) is 9.99. The maximum absolute atomic E-state index is 9.52. The summed E-state index contributed by atoms with van der Waals surface area (Å²) < 4.78 is 2.11. The maximum Gasteiger partial charge on any atom is 0.117 e. The second-order valence-corrected chi connectivity index (χ2v) is 4.75. The summed E-state index contributed by atoms with van der Waals surface area (Å²) in [5.41, 5.74) is 7.94. The summed E-state index contributed by atoms with van der Waals surface area (Å²) in [6.45, 7) is 6.94. The quantitative estimate of drug-likeness (QED) is 0.814. The summed E-state index contributed by atoms with van der Waals surface area (Å²) >= 11 is 0. The number of aromatic hydroxyl groups is 1. The van der Waals surface area contributed by atoms with Crippen molar-refractivity contribution in [1.29, 1.82) is 0 Å². The molecular weight excluding hydrogens is 200 g/mol. The fraction of sp³-hybridized carbons (Fsp3) is 0.385. The molecule has 1 aromatic heterocycles. The molecule has 16 heavy (non-hydrogen) atoms. The number of nitrogens with two attached hydrogens (primary N) is 1. The lowest BCUT2D eigenvalue weighted by Gasteiger charge is -2.17. The molecule has 3 nitrogen and oxygen atoms in total. The van der Waals surface area contributed by atoms with Crippen molar-refractivity contribution in [2.75, 3.05) is 0 Å². The van der Waals surface area contributed by atoms with Crippen molar-refractivity contribution in [2.45, 2.75) is 32.9 Å². The topological polar surface area (TPSA) is 51.2 Å². The van der Waals surface area contributed by atoms with Crippen LogP contribution >= 0.6 is 0 Å². The van der Waals surface area contributed by atoms with Crippen LogP contribution in [-0.4, -0.2) is 9.67 Å². The van der Waals surface area contributed by atoms with E-state index in [1.165, 1.54) is 0 Å². The first kappa shape index (κ1) is 11.0. The number of fused-ring (bicyclic) bond motifs is 1. The van der Waals surface area contributed by atoms with Gasteiger partial charge in [0.1, 0.15) is 5.75 Å². The minimum Gasteiger partial charge on any atom is -0.508 e. The molecule has 0 aliphatic rings. The Kier molecular flexibility index (Phi) is 2.43. The second-order valence-electron chi connectivity index (χ2n) is 4.75. The first-order chi connectivity index (χ1) is 7.43. The van der Waals surface area contributed by atoms with E-state index in [0.717, 1.165) is 23.0 Å². The Morgan fingerprint density at radius 3 is 2.62 bits per heavy atom.